The first-order valence-corrected chi connectivity index (χ1v) is 5.53. The van der Waals surface area contributed by atoms with E-state index < -0.39 is 0 Å². The van der Waals surface area contributed by atoms with E-state index in [1.807, 2.05) is 12.1 Å². The Hall–Kier alpha value is -1.54. The summed E-state index contributed by atoms with van der Waals surface area (Å²) in [6.45, 7) is 4.72. The van der Waals surface area contributed by atoms with E-state index in [2.05, 4.69) is 32.0 Å². The second kappa shape index (κ2) is 4.54. The third kappa shape index (κ3) is 2.34. The lowest BCUT2D eigenvalue weighted by atomic mass is 10.0. The van der Waals surface area contributed by atoms with Crippen molar-refractivity contribution in [1.29, 1.82) is 0 Å². The van der Waals surface area contributed by atoms with Gasteiger partial charge in [0, 0.05) is 6.42 Å². The van der Waals surface area contributed by atoms with Crippen LogP contribution in [0.5, 0.6) is 0 Å². The zero-order valence-corrected chi connectivity index (χ0v) is 9.79. The fourth-order valence-corrected chi connectivity index (χ4v) is 1.74. The normalized spacial score (nSPS) is 10.7. The number of rotatable bonds is 3. The summed E-state index contributed by atoms with van der Waals surface area (Å²) in [6, 6.07) is 10.4. The lowest BCUT2D eigenvalue weighted by Crippen LogP contribution is -1.93. The standard InChI is InChI=1S/C14H17NO/c1-10-3-4-12(7-11(10)2)8-13-5-6-14(9-15)16-13/h3-7H,8-9,15H2,1-2H3. The molecule has 0 aliphatic heterocycles. The molecule has 0 fully saturated rings. The second-order valence-electron chi connectivity index (χ2n) is 4.17. The van der Waals surface area contributed by atoms with Crippen LogP contribution < -0.4 is 5.73 Å². The average Bonchev–Trinajstić information content (AvgIpc) is 2.71. The van der Waals surface area contributed by atoms with Gasteiger partial charge < -0.3 is 10.2 Å². The summed E-state index contributed by atoms with van der Waals surface area (Å²) in [6.07, 6.45) is 0.834. The minimum atomic E-state index is 0.465. The number of furan rings is 1. The molecule has 0 amide bonds. The van der Waals surface area contributed by atoms with Crippen LogP contribution in [0.25, 0.3) is 0 Å². The van der Waals surface area contributed by atoms with Gasteiger partial charge in [0.25, 0.3) is 0 Å². The Morgan fingerprint density at radius 1 is 1.00 bits per heavy atom. The minimum Gasteiger partial charge on any atom is -0.464 e. The van der Waals surface area contributed by atoms with Gasteiger partial charge >= 0.3 is 0 Å². The van der Waals surface area contributed by atoms with Gasteiger partial charge in [0.15, 0.2) is 0 Å². The van der Waals surface area contributed by atoms with Gasteiger partial charge in [-0.1, -0.05) is 18.2 Å². The molecule has 2 heteroatoms. The lowest BCUT2D eigenvalue weighted by molar-refractivity contribution is 0.475. The summed E-state index contributed by atoms with van der Waals surface area (Å²) in [5.74, 6) is 1.82. The molecule has 1 heterocycles. The summed E-state index contributed by atoms with van der Waals surface area (Å²) in [5, 5.41) is 0. The molecule has 0 saturated heterocycles. The van der Waals surface area contributed by atoms with E-state index in [9.17, 15) is 0 Å². The Balaban J connectivity index is 2.17. The van der Waals surface area contributed by atoms with Crippen LogP contribution in [0.1, 0.15) is 28.2 Å². The van der Waals surface area contributed by atoms with E-state index in [4.69, 9.17) is 10.2 Å². The number of nitrogens with two attached hydrogens (primary N) is 1. The fraction of sp³-hybridized carbons (Fsp3) is 0.286. The zero-order chi connectivity index (χ0) is 11.5. The van der Waals surface area contributed by atoms with Crippen molar-refractivity contribution < 1.29 is 4.42 Å². The molecular weight excluding hydrogens is 198 g/mol. The summed E-state index contributed by atoms with van der Waals surface area (Å²) >= 11 is 0. The van der Waals surface area contributed by atoms with Crippen LogP contribution in [-0.2, 0) is 13.0 Å². The van der Waals surface area contributed by atoms with Crippen molar-refractivity contribution in [3.63, 3.8) is 0 Å². The van der Waals surface area contributed by atoms with Gasteiger partial charge in [0.1, 0.15) is 11.5 Å². The molecular formula is C14H17NO. The Kier molecular flexibility index (Phi) is 3.11. The molecule has 0 spiro atoms. The van der Waals surface area contributed by atoms with Crippen molar-refractivity contribution in [2.75, 3.05) is 0 Å². The number of hydrogen-bond acceptors (Lipinski definition) is 2. The van der Waals surface area contributed by atoms with Crippen molar-refractivity contribution in [2.45, 2.75) is 26.8 Å². The maximum absolute atomic E-state index is 5.58. The Morgan fingerprint density at radius 3 is 2.38 bits per heavy atom. The highest BCUT2D eigenvalue weighted by Gasteiger charge is 2.03. The number of aryl methyl sites for hydroxylation is 2. The van der Waals surface area contributed by atoms with Gasteiger partial charge in [0.2, 0.25) is 0 Å². The van der Waals surface area contributed by atoms with E-state index in [0.29, 0.717) is 6.54 Å². The van der Waals surface area contributed by atoms with E-state index in [1.54, 1.807) is 0 Å². The van der Waals surface area contributed by atoms with Crippen molar-refractivity contribution in [3.8, 4) is 0 Å². The molecule has 2 rings (SSSR count). The SMILES string of the molecule is Cc1ccc(Cc2ccc(CN)o2)cc1C. The average molecular weight is 215 g/mol. The molecule has 1 aromatic carbocycles. The predicted octanol–water partition coefficient (Wildman–Crippen LogP) is 2.95. The van der Waals surface area contributed by atoms with Crippen LogP contribution in [-0.4, -0.2) is 0 Å². The smallest absolute Gasteiger partial charge is 0.117 e. The van der Waals surface area contributed by atoms with Gasteiger partial charge in [-0.2, -0.15) is 0 Å². The molecule has 1 aromatic heterocycles. The van der Waals surface area contributed by atoms with E-state index in [-0.39, 0.29) is 0 Å². The molecule has 0 unspecified atom stereocenters. The molecule has 0 aliphatic rings. The molecule has 0 saturated carbocycles. The maximum Gasteiger partial charge on any atom is 0.117 e. The van der Waals surface area contributed by atoms with Gasteiger partial charge in [0.05, 0.1) is 6.54 Å². The summed E-state index contributed by atoms with van der Waals surface area (Å²) in [5.41, 5.74) is 9.43. The monoisotopic (exact) mass is 215 g/mol. The van der Waals surface area contributed by atoms with Crippen molar-refractivity contribution in [1.82, 2.24) is 0 Å². The van der Waals surface area contributed by atoms with Crippen LogP contribution in [0.15, 0.2) is 34.7 Å². The van der Waals surface area contributed by atoms with E-state index >= 15 is 0 Å². The maximum atomic E-state index is 5.58. The van der Waals surface area contributed by atoms with E-state index in [1.165, 1.54) is 16.7 Å². The van der Waals surface area contributed by atoms with Crippen molar-refractivity contribution in [3.05, 3.63) is 58.5 Å². The van der Waals surface area contributed by atoms with Crippen LogP contribution in [0.4, 0.5) is 0 Å². The van der Waals surface area contributed by atoms with Gasteiger partial charge in [-0.15, -0.1) is 0 Å². The fourth-order valence-electron chi connectivity index (χ4n) is 1.74. The largest absolute Gasteiger partial charge is 0.464 e. The summed E-state index contributed by atoms with van der Waals surface area (Å²) < 4.78 is 5.58. The molecule has 0 radical (unpaired) electrons. The molecule has 2 N–H and O–H groups in total. The molecule has 2 nitrogen and oxygen atoms in total. The zero-order valence-electron chi connectivity index (χ0n) is 9.79. The highest BCUT2D eigenvalue weighted by Crippen LogP contribution is 2.16. The van der Waals surface area contributed by atoms with Crippen molar-refractivity contribution >= 4 is 0 Å². The lowest BCUT2D eigenvalue weighted by Gasteiger charge is -2.03. The molecule has 16 heavy (non-hydrogen) atoms. The van der Waals surface area contributed by atoms with E-state index in [0.717, 1.165) is 17.9 Å². The highest BCUT2D eigenvalue weighted by atomic mass is 16.3. The van der Waals surface area contributed by atoms with Crippen LogP contribution in [0.3, 0.4) is 0 Å². The number of hydrogen-bond donors (Lipinski definition) is 1. The first-order valence-electron chi connectivity index (χ1n) is 5.53. The van der Waals surface area contributed by atoms with Crippen LogP contribution >= 0.6 is 0 Å². The third-order valence-corrected chi connectivity index (χ3v) is 2.87. The Bertz CT molecular complexity index is 485. The predicted molar refractivity (Wildman–Crippen MR) is 65.3 cm³/mol. The second-order valence-corrected chi connectivity index (χ2v) is 4.17. The van der Waals surface area contributed by atoms with Crippen LogP contribution in [0, 0.1) is 13.8 Å². The molecule has 0 atom stereocenters. The molecule has 84 valence electrons. The Labute approximate surface area is 96.1 Å². The summed E-state index contributed by atoms with van der Waals surface area (Å²) in [4.78, 5) is 0. The molecule has 0 aliphatic carbocycles. The minimum absolute atomic E-state index is 0.465. The molecule has 0 bridgehead atoms. The van der Waals surface area contributed by atoms with Crippen molar-refractivity contribution in [2.24, 2.45) is 5.73 Å². The topological polar surface area (TPSA) is 39.2 Å². The number of benzene rings is 1. The highest BCUT2D eigenvalue weighted by molar-refractivity contribution is 5.31. The van der Waals surface area contributed by atoms with Crippen LogP contribution in [0.2, 0.25) is 0 Å². The van der Waals surface area contributed by atoms with Gasteiger partial charge in [-0.05, 0) is 42.7 Å². The summed E-state index contributed by atoms with van der Waals surface area (Å²) in [7, 11) is 0. The third-order valence-electron chi connectivity index (χ3n) is 2.87. The Morgan fingerprint density at radius 2 is 1.75 bits per heavy atom. The van der Waals surface area contributed by atoms with Gasteiger partial charge in [-0.25, -0.2) is 0 Å². The first kappa shape index (κ1) is 11.0. The quantitative estimate of drug-likeness (QED) is 0.855. The van der Waals surface area contributed by atoms with Gasteiger partial charge in [-0.3, -0.25) is 0 Å². The molecule has 2 aromatic rings. The first-order chi connectivity index (χ1) is 7.69.